The summed E-state index contributed by atoms with van der Waals surface area (Å²) in [6, 6.07) is 10.8. The van der Waals surface area contributed by atoms with Gasteiger partial charge in [0.15, 0.2) is 0 Å². The van der Waals surface area contributed by atoms with Crippen LogP contribution < -0.4 is 10.2 Å². The highest BCUT2D eigenvalue weighted by Gasteiger charge is 2.36. The van der Waals surface area contributed by atoms with E-state index in [1.165, 1.54) is 29.4 Å². The maximum atomic E-state index is 14.0. The van der Waals surface area contributed by atoms with Crippen LogP contribution in [0.1, 0.15) is 31.7 Å². The molecule has 0 radical (unpaired) electrons. The molecule has 0 aromatic heterocycles. The Bertz CT molecular complexity index is 956. The molecule has 31 heavy (non-hydrogen) atoms. The van der Waals surface area contributed by atoms with Gasteiger partial charge in [-0.2, -0.15) is 0 Å². The van der Waals surface area contributed by atoms with E-state index >= 15 is 0 Å². The van der Waals surface area contributed by atoms with Crippen LogP contribution >= 0.6 is 0 Å². The number of rotatable bonds is 5. The Balaban J connectivity index is 1.33. The minimum absolute atomic E-state index is 0.00170. The van der Waals surface area contributed by atoms with Crippen molar-refractivity contribution < 1.29 is 18.4 Å². The molecule has 2 aliphatic heterocycles. The number of benzene rings is 2. The smallest absolute Gasteiger partial charge is 0.229 e. The Morgan fingerprint density at radius 1 is 1.10 bits per heavy atom. The van der Waals surface area contributed by atoms with Gasteiger partial charge in [-0.25, -0.2) is 8.78 Å². The van der Waals surface area contributed by atoms with Crippen LogP contribution in [0.25, 0.3) is 0 Å². The molecule has 2 aliphatic rings. The van der Waals surface area contributed by atoms with Crippen LogP contribution in [0.5, 0.6) is 0 Å². The summed E-state index contributed by atoms with van der Waals surface area (Å²) >= 11 is 0. The van der Waals surface area contributed by atoms with Crippen LogP contribution in [0.2, 0.25) is 0 Å². The second-order valence-electron chi connectivity index (χ2n) is 8.65. The molecule has 2 heterocycles. The third-order valence-electron chi connectivity index (χ3n) is 6.20. The van der Waals surface area contributed by atoms with E-state index in [1.54, 1.807) is 0 Å². The van der Waals surface area contributed by atoms with Crippen molar-refractivity contribution in [1.82, 2.24) is 4.90 Å². The Labute approximate surface area is 181 Å². The largest absolute Gasteiger partial charge is 0.326 e. The van der Waals surface area contributed by atoms with Crippen LogP contribution in [0.4, 0.5) is 20.2 Å². The first kappa shape index (κ1) is 21.4. The fourth-order valence-corrected chi connectivity index (χ4v) is 4.23. The summed E-state index contributed by atoms with van der Waals surface area (Å²) in [7, 11) is 0. The number of nitrogens with one attached hydrogen (secondary N) is 1. The third kappa shape index (κ3) is 5.10. The van der Waals surface area contributed by atoms with Crippen molar-refractivity contribution >= 4 is 23.2 Å². The Hall–Kier alpha value is -2.80. The van der Waals surface area contributed by atoms with Gasteiger partial charge in [-0.1, -0.05) is 19.1 Å². The molecule has 0 aliphatic carbocycles. The first-order chi connectivity index (χ1) is 14.9. The lowest BCUT2D eigenvalue weighted by molar-refractivity contribution is -0.122. The second-order valence-corrected chi connectivity index (χ2v) is 8.65. The van der Waals surface area contributed by atoms with Crippen LogP contribution in [0.3, 0.4) is 0 Å². The SMILES string of the molecule is CC1CCN(Cc2ccc(NC(=O)C3CC(=O)N(c4ccc(F)cc4F)C3)cc2)CC1. The van der Waals surface area contributed by atoms with Crippen molar-refractivity contribution in [3.63, 3.8) is 0 Å². The van der Waals surface area contributed by atoms with Crippen molar-refractivity contribution in [2.45, 2.75) is 32.7 Å². The van der Waals surface area contributed by atoms with Crippen LogP contribution in [-0.2, 0) is 16.1 Å². The molecule has 2 aromatic carbocycles. The van der Waals surface area contributed by atoms with E-state index in [1.807, 2.05) is 24.3 Å². The lowest BCUT2D eigenvalue weighted by Gasteiger charge is -2.30. The predicted molar refractivity (Wildman–Crippen MR) is 116 cm³/mol. The quantitative estimate of drug-likeness (QED) is 0.779. The molecule has 5 nitrogen and oxygen atoms in total. The summed E-state index contributed by atoms with van der Waals surface area (Å²) in [6.45, 7) is 5.48. The summed E-state index contributed by atoms with van der Waals surface area (Å²) < 4.78 is 27.2. The Kier molecular flexibility index (Phi) is 6.32. The number of anilines is 2. The molecule has 4 rings (SSSR count). The standard InChI is InChI=1S/C24H27F2N3O2/c1-16-8-10-28(11-9-16)14-17-2-5-20(6-3-17)27-24(31)18-12-23(30)29(15-18)22-7-4-19(25)13-21(22)26/h2-7,13,16,18H,8-12,14-15H2,1H3,(H,27,31). The normalized spacial score (nSPS) is 20.3. The van der Waals surface area contributed by atoms with Gasteiger partial charge in [0.1, 0.15) is 11.6 Å². The molecule has 2 saturated heterocycles. The molecule has 2 amide bonds. The zero-order chi connectivity index (χ0) is 22.0. The van der Waals surface area contributed by atoms with E-state index < -0.39 is 17.6 Å². The monoisotopic (exact) mass is 427 g/mol. The number of likely N-dealkylation sites (tertiary alicyclic amines) is 1. The predicted octanol–water partition coefficient (Wildman–Crippen LogP) is 4.19. The van der Waals surface area contributed by atoms with Gasteiger partial charge < -0.3 is 10.2 Å². The van der Waals surface area contributed by atoms with Crippen LogP contribution in [0, 0.1) is 23.5 Å². The van der Waals surface area contributed by atoms with Crippen molar-refractivity contribution in [3.05, 3.63) is 59.7 Å². The summed E-state index contributed by atoms with van der Waals surface area (Å²) in [5.41, 5.74) is 1.86. The summed E-state index contributed by atoms with van der Waals surface area (Å²) in [6.07, 6.45) is 2.45. The average Bonchev–Trinajstić information content (AvgIpc) is 3.13. The highest BCUT2D eigenvalue weighted by atomic mass is 19.1. The molecular formula is C24H27F2N3O2. The van der Waals surface area contributed by atoms with E-state index in [0.717, 1.165) is 37.7 Å². The molecule has 0 bridgehead atoms. The lowest BCUT2D eigenvalue weighted by Crippen LogP contribution is -2.32. The fourth-order valence-electron chi connectivity index (χ4n) is 4.23. The molecular weight excluding hydrogens is 400 g/mol. The first-order valence-electron chi connectivity index (χ1n) is 10.8. The molecule has 0 saturated carbocycles. The molecule has 0 spiro atoms. The minimum Gasteiger partial charge on any atom is -0.326 e. The van der Waals surface area contributed by atoms with Crippen molar-refractivity contribution in [2.75, 3.05) is 29.9 Å². The van der Waals surface area contributed by atoms with E-state index in [-0.39, 0.29) is 30.5 Å². The minimum atomic E-state index is -0.812. The van der Waals surface area contributed by atoms with E-state index in [2.05, 4.69) is 17.1 Å². The van der Waals surface area contributed by atoms with Gasteiger partial charge >= 0.3 is 0 Å². The number of piperidine rings is 1. The molecule has 1 atom stereocenters. The van der Waals surface area contributed by atoms with Crippen molar-refractivity contribution in [2.24, 2.45) is 11.8 Å². The van der Waals surface area contributed by atoms with E-state index in [4.69, 9.17) is 0 Å². The maximum Gasteiger partial charge on any atom is 0.229 e. The molecule has 2 aromatic rings. The van der Waals surface area contributed by atoms with Crippen molar-refractivity contribution in [3.8, 4) is 0 Å². The topological polar surface area (TPSA) is 52.7 Å². The van der Waals surface area contributed by atoms with Crippen molar-refractivity contribution in [1.29, 1.82) is 0 Å². The second kappa shape index (κ2) is 9.14. The van der Waals surface area contributed by atoms with E-state index in [0.29, 0.717) is 5.69 Å². The van der Waals surface area contributed by atoms with Gasteiger partial charge in [0.05, 0.1) is 11.6 Å². The molecule has 164 valence electrons. The number of carbonyl (C=O) groups is 2. The highest BCUT2D eigenvalue weighted by molar-refractivity contribution is 6.03. The number of halogens is 2. The van der Waals surface area contributed by atoms with Gasteiger partial charge in [0.2, 0.25) is 11.8 Å². The van der Waals surface area contributed by atoms with Gasteiger partial charge in [-0.15, -0.1) is 0 Å². The molecule has 1 N–H and O–H groups in total. The summed E-state index contributed by atoms with van der Waals surface area (Å²) in [4.78, 5) is 28.6. The van der Waals surface area contributed by atoms with Gasteiger partial charge in [0.25, 0.3) is 0 Å². The maximum absolute atomic E-state index is 14.0. The summed E-state index contributed by atoms with van der Waals surface area (Å²) in [5, 5.41) is 2.85. The zero-order valence-corrected chi connectivity index (χ0v) is 17.6. The fraction of sp³-hybridized carbons (Fsp3) is 0.417. The number of nitrogens with zero attached hydrogens (tertiary/aromatic N) is 2. The lowest BCUT2D eigenvalue weighted by atomic mass is 9.99. The Morgan fingerprint density at radius 2 is 1.81 bits per heavy atom. The Morgan fingerprint density at radius 3 is 2.48 bits per heavy atom. The van der Waals surface area contributed by atoms with E-state index in [9.17, 15) is 18.4 Å². The molecule has 7 heteroatoms. The summed E-state index contributed by atoms with van der Waals surface area (Å²) in [5.74, 6) is -1.94. The van der Waals surface area contributed by atoms with Gasteiger partial charge in [-0.05, 0) is 61.7 Å². The third-order valence-corrected chi connectivity index (χ3v) is 6.20. The zero-order valence-electron chi connectivity index (χ0n) is 17.6. The average molecular weight is 427 g/mol. The number of carbonyl (C=O) groups excluding carboxylic acids is 2. The van der Waals surface area contributed by atoms with Gasteiger partial charge in [-0.3, -0.25) is 14.5 Å². The first-order valence-corrected chi connectivity index (χ1v) is 10.8. The number of hydrogen-bond acceptors (Lipinski definition) is 3. The highest BCUT2D eigenvalue weighted by Crippen LogP contribution is 2.28. The number of amides is 2. The van der Waals surface area contributed by atoms with Crippen LogP contribution in [0.15, 0.2) is 42.5 Å². The van der Waals surface area contributed by atoms with Gasteiger partial charge in [0, 0.05) is 31.3 Å². The number of hydrogen-bond donors (Lipinski definition) is 1. The van der Waals surface area contributed by atoms with Crippen LogP contribution in [-0.4, -0.2) is 36.3 Å². The molecule has 2 fully saturated rings. The molecule has 1 unspecified atom stereocenters.